The van der Waals surface area contributed by atoms with Crippen LogP contribution in [0.15, 0.2) is 59.7 Å². The Hall–Kier alpha value is -3.82. The minimum absolute atomic E-state index is 0.210. The highest BCUT2D eigenvalue weighted by atomic mass is 19.4. The average Bonchev–Trinajstić information content (AvgIpc) is 2.74. The summed E-state index contributed by atoms with van der Waals surface area (Å²) in [6, 6.07) is 10.4. The van der Waals surface area contributed by atoms with Crippen LogP contribution in [0, 0.1) is 0 Å². The molecular formula is C21H16F3N3O4. The standard InChI is InChI=1S/C21H16F3N3O4/c22-21(23,24)14-3-1-13(2-4-14)16-10-20(29)27(12-25-16)11-19(28)26-15-5-6-17-18(9-15)31-8-7-30-17/h1-6,9-10,12H,7-8,11H2,(H,26,28). The maximum absolute atomic E-state index is 12.7. The molecule has 0 bridgehead atoms. The summed E-state index contributed by atoms with van der Waals surface area (Å²) in [5.74, 6) is 0.648. The van der Waals surface area contributed by atoms with E-state index in [1.807, 2.05) is 0 Å². The Labute approximate surface area is 174 Å². The first-order valence-corrected chi connectivity index (χ1v) is 9.23. The van der Waals surface area contributed by atoms with E-state index in [2.05, 4.69) is 10.3 Å². The van der Waals surface area contributed by atoms with E-state index < -0.39 is 23.2 Å². The Morgan fingerprint density at radius 3 is 2.42 bits per heavy atom. The first-order chi connectivity index (χ1) is 14.8. The molecule has 0 fully saturated rings. The topological polar surface area (TPSA) is 82.5 Å². The zero-order chi connectivity index (χ0) is 22.0. The SMILES string of the molecule is O=C(Cn1cnc(-c2ccc(C(F)(F)F)cc2)cc1=O)Nc1ccc2c(c1)OCCO2. The van der Waals surface area contributed by atoms with Crippen LogP contribution in [0.4, 0.5) is 18.9 Å². The van der Waals surface area contributed by atoms with E-state index in [4.69, 9.17) is 9.47 Å². The zero-order valence-electron chi connectivity index (χ0n) is 16.0. The number of anilines is 1. The molecule has 160 valence electrons. The quantitative estimate of drug-likeness (QED) is 0.685. The highest BCUT2D eigenvalue weighted by Gasteiger charge is 2.30. The van der Waals surface area contributed by atoms with Crippen molar-refractivity contribution in [2.24, 2.45) is 0 Å². The maximum atomic E-state index is 12.7. The molecule has 1 N–H and O–H groups in total. The molecular weight excluding hydrogens is 415 g/mol. The summed E-state index contributed by atoms with van der Waals surface area (Å²) in [6.07, 6.45) is -3.27. The van der Waals surface area contributed by atoms with Gasteiger partial charge in [-0.3, -0.25) is 14.2 Å². The highest BCUT2D eigenvalue weighted by Crippen LogP contribution is 2.32. The molecule has 0 radical (unpaired) electrons. The zero-order valence-corrected chi connectivity index (χ0v) is 16.0. The van der Waals surface area contributed by atoms with E-state index in [0.717, 1.165) is 16.7 Å². The van der Waals surface area contributed by atoms with Gasteiger partial charge in [-0.15, -0.1) is 0 Å². The molecule has 3 aromatic rings. The van der Waals surface area contributed by atoms with Gasteiger partial charge < -0.3 is 14.8 Å². The van der Waals surface area contributed by atoms with Gasteiger partial charge in [-0.1, -0.05) is 12.1 Å². The van der Waals surface area contributed by atoms with Crippen LogP contribution < -0.4 is 20.3 Å². The lowest BCUT2D eigenvalue weighted by molar-refractivity contribution is -0.137. The summed E-state index contributed by atoms with van der Waals surface area (Å²) in [7, 11) is 0. The molecule has 2 aromatic carbocycles. The Bertz CT molecular complexity index is 1170. The van der Waals surface area contributed by atoms with Crippen LogP contribution >= 0.6 is 0 Å². The average molecular weight is 431 g/mol. The van der Waals surface area contributed by atoms with Crippen LogP contribution in [-0.2, 0) is 17.5 Å². The monoisotopic (exact) mass is 431 g/mol. The van der Waals surface area contributed by atoms with Gasteiger partial charge in [0.25, 0.3) is 5.56 Å². The van der Waals surface area contributed by atoms with E-state index in [9.17, 15) is 22.8 Å². The summed E-state index contributed by atoms with van der Waals surface area (Å²) >= 11 is 0. The normalized spacial score (nSPS) is 13.0. The second kappa shape index (κ2) is 8.13. The van der Waals surface area contributed by atoms with Gasteiger partial charge in [-0.2, -0.15) is 13.2 Å². The van der Waals surface area contributed by atoms with Crippen molar-refractivity contribution in [1.29, 1.82) is 0 Å². The molecule has 2 heterocycles. The molecule has 0 aliphatic carbocycles. The summed E-state index contributed by atoms with van der Waals surface area (Å²) in [5.41, 5.74) is -0.251. The maximum Gasteiger partial charge on any atom is 0.416 e. The Kier molecular flexibility index (Phi) is 5.37. The van der Waals surface area contributed by atoms with Crippen LogP contribution in [0.1, 0.15) is 5.56 Å². The van der Waals surface area contributed by atoms with Crippen molar-refractivity contribution in [3.63, 3.8) is 0 Å². The number of ether oxygens (including phenoxy) is 2. The molecule has 1 aliphatic heterocycles. The molecule has 31 heavy (non-hydrogen) atoms. The number of alkyl halides is 3. The molecule has 0 unspecified atom stereocenters. The van der Waals surface area contributed by atoms with Crippen LogP contribution in [0.25, 0.3) is 11.3 Å². The number of fused-ring (bicyclic) bond motifs is 1. The van der Waals surface area contributed by atoms with Gasteiger partial charge in [0, 0.05) is 23.4 Å². The number of hydrogen-bond acceptors (Lipinski definition) is 5. The number of halogens is 3. The van der Waals surface area contributed by atoms with Gasteiger partial charge in [0.2, 0.25) is 5.91 Å². The van der Waals surface area contributed by atoms with E-state index in [0.29, 0.717) is 36.0 Å². The third kappa shape index (κ3) is 4.68. The van der Waals surface area contributed by atoms with Crippen LogP contribution in [-0.4, -0.2) is 28.7 Å². The minimum atomic E-state index is -4.44. The lowest BCUT2D eigenvalue weighted by atomic mass is 10.1. The first kappa shape index (κ1) is 20.5. The largest absolute Gasteiger partial charge is 0.486 e. The lowest BCUT2D eigenvalue weighted by Crippen LogP contribution is -2.27. The number of nitrogens with zero attached hydrogens (tertiary/aromatic N) is 2. The fourth-order valence-corrected chi connectivity index (χ4v) is 3.01. The van der Waals surface area contributed by atoms with E-state index in [1.54, 1.807) is 18.2 Å². The number of nitrogens with one attached hydrogen (secondary N) is 1. The number of amides is 1. The van der Waals surface area contributed by atoms with Gasteiger partial charge >= 0.3 is 6.18 Å². The fraction of sp³-hybridized carbons (Fsp3) is 0.190. The molecule has 4 rings (SSSR count). The summed E-state index contributed by atoms with van der Waals surface area (Å²) < 4.78 is 50.0. The highest BCUT2D eigenvalue weighted by molar-refractivity contribution is 5.91. The number of aromatic nitrogens is 2. The van der Waals surface area contributed by atoms with Crippen molar-refractivity contribution < 1.29 is 27.4 Å². The van der Waals surface area contributed by atoms with E-state index in [1.165, 1.54) is 24.5 Å². The number of rotatable bonds is 4. The summed E-state index contributed by atoms with van der Waals surface area (Å²) in [4.78, 5) is 28.7. The van der Waals surface area contributed by atoms with Gasteiger partial charge in [-0.25, -0.2) is 4.98 Å². The third-order valence-electron chi connectivity index (χ3n) is 4.53. The Morgan fingerprint density at radius 2 is 1.74 bits per heavy atom. The van der Waals surface area contributed by atoms with Crippen molar-refractivity contribution in [3.8, 4) is 22.8 Å². The van der Waals surface area contributed by atoms with Crippen molar-refractivity contribution >= 4 is 11.6 Å². The predicted octanol–water partition coefficient (Wildman–Crippen LogP) is 3.34. The molecule has 1 amide bonds. The van der Waals surface area contributed by atoms with E-state index >= 15 is 0 Å². The van der Waals surface area contributed by atoms with Crippen molar-refractivity contribution in [2.75, 3.05) is 18.5 Å². The number of benzene rings is 2. The summed E-state index contributed by atoms with van der Waals surface area (Å²) in [6.45, 7) is 0.585. The molecule has 10 heteroatoms. The number of carbonyl (C=O) groups is 1. The molecule has 7 nitrogen and oxygen atoms in total. The second-order valence-corrected chi connectivity index (χ2v) is 6.72. The molecule has 0 saturated carbocycles. The molecule has 0 atom stereocenters. The molecule has 1 aliphatic rings. The van der Waals surface area contributed by atoms with E-state index in [-0.39, 0.29) is 12.2 Å². The third-order valence-corrected chi connectivity index (χ3v) is 4.53. The fourth-order valence-electron chi connectivity index (χ4n) is 3.01. The lowest BCUT2D eigenvalue weighted by Gasteiger charge is -2.19. The van der Waals surface area contributed by atoms with Crippen LogP contribution in [0.5, 0.6) is 11.5 Å². The Balaban J connectivity index is 1.45. The van der Waals surface area contributed by atoms with Crippen molar-refractivity contribution in [3.05, 3.63) is 70.8 Å². The number of hydrogen-bond donors (Lipinski definition) is 1. The van der Waals surface area contributed by atoms with Gasteiger partial charge in [-0.05, 0) is 24.3 Å². The predicted molar refractivity (Wildman–Crippen MR) is 105 cm³/mol. The van der Waals surface area contributed by atoms with Gasteiger partial charge in [0.15, 0.2) is 11.5 Å². The number of carbonyl (C=O) groups excluding carboxylic acids is 1. The smallest absolute Gasteiger partial charge is 0.416 e. The summed E-state index contributed by atoms with van der Waals surface area (Å²) in [5, 5.41) is 2.67. The second-order valence-electron chi connectivity index (χ2n) is 6.72. The van der Waals surface area contributed by atoms with Gasteiger partial charge in [0.1, 0.15) is 19.8 Å². The van der Waals surface area contributed by atoms with Crippen molar-refractivity contribution in [2.45, 2.75) is 12.7 Å². The van der Waals surface area contributed by atoms with Crippen LogP contribution in [0.3, 0.4) is 0 Å². The molecule has 0 saturated heterocycles. The first-order valence-electron chi connectivity index (χ1n) is 9.23. The minimum Gasteiger partial charge on any atom is -0.486 e. The van der Waals surface area contributed by atoms with Gasteiger partial charge in [0.05, 0.1) is 17.6 Å². The van der Waals surface area contributed by atoms with Crippen molar-refractivity contribution in [1.82, 2.24) is 9.55 Å². The Morgan fingerprint density at radius 1 is 1.03 bits per heavy atom. The molecule has 0 spiro atoms. The van der Waals surface area contributed by atoms with Crippen LogP contribution in [0.2, 0.25) is 0 Å². The molecule has 1 aromatic heterocycles.